The van der Waals surface area contributed by atoms with Gasteiger partial charge in [0.05, 0.1) is 5.56 Å². The number of unbranched alkanes of at least 4 members (excludes halogenated alkanes) is 1. The summed E-state index contributed by atoms with van der Waals surface area (Å²) in [7, 11) is 0. The van der Waals surface area contributed by atoms with Crippen LogP contribution in [0, 0.1) is 5.92 Å². The molecule has 0 aliphatic heterocycles. The van der Waals surface area contributed by atoms with Crippen molar-refractivity contribution in [2.75, 3.05) is 11.9 Å². The maximum atomic E-state index is 13.3. The molecule has 1 unspecified atom stereocenters. The molecular formula is C46H43NO6. The molecule has 268 valence electrons. The summed E-state index contributed by atoms with van der Waals surface area (Å²) < 4.78 is 12.1. The zero-order valence-electron chi connectivity index (χ0n) is 29.9. The van der Waals surface area contributed by atoms with Gasteiger partial charge in [0, 0.05) is 33.5 Å². The minimum Gasteiger partial charge on any atom is -0.489 e. The van der Waals surface area contributed by atoms with E-state index in [0.717, 1.165) is 11.5 Å². The van der Waals surface area contributed by atoms with Crippen molar-refractivity contribution in [2.45, 2.75) is 63.9 Å². The van der Waals surface area contributed by atoms with Gasteiger partial charge >= 0.3 is 5.97 Å². The Kier molecular flexibility index (Phi) is 10.9. The molecule has 0 spiro atoms. The lowest BCUT2D eigenvalue weighted by Crippen LogP contribution is -2.22. The number of ether oxygens (including phenoxy) is 2. The standard InChI is InChI=1S/C46H43NO6/c1-2-3-9-30-14-16-31(17-15-30)32-18-20-34(21-19-32)46(51)53-42(33-10-5-4-6-11-33)29-52-37-25-23-36(24-26-37)47-45(50)35-22-27-40-41(28-35)44(49)39-13-8-7-12-38(39)43(40)48/h4-8,10-13,18-28,30-31,42H,2-3,9,14-17,29H2,1H3,(H,47,50). The molecule has 1 saturated carbocycles. The van der Waals surface area contributed by atoms with E-state index in [1.807, 2.05) is 42.5 Å². The molecule has 1 atom stereocenters. The number of hydrogen-bond acceptors (Lipinski definition) is 6. The molecule has 0 aromatic heterocycles. The molecular weight excluding hydrogens is 663 g/mol. The van der Waals surface area contributed by atoms with Crippen LogP contribution in [0.5, 0.6) is 5.75 Å². The molecule has 0 heterocycles. The Hall–Kier alpha value is -5.82. The Morgan fingerprint density at radius 2 is 1.32 bits per heavy atom. The smallest absolute Gasteiger partial charge is 0.338 e. The van der Waals surface area contributed by atoms with E-state index >= 15 is 0 Å². The molecule has 7 rings (SSSR count). The Balaban J connectivity index is 0.958. The number of carbonyl (C=O) groups is 4. The number of anilines is 1. The summed E-state index contributed by atoms with van der Waals surface area (Å²) in [5.74, 6) is 0.584. The first-order valence-corrected chi connectivity index (χ1v) is 18.6. The zero-order chi connectivity index (χ0) is 36.7. The van der Waals surface area contributed by atoms with Crippen LogP contribution in [0.1, 0.15) is 128 Å². The van der Waals surface area contributed by atoms with E-state index in [-0.39, 0.29) is 34.9 Å². The van der Waals surface area contributed by atoms with E-state index in [2.05, 4.69) is 24.4 Å². The summed E-state index contributed by atoms with van der Waals surface area (Å²) in [6, 6.07) is 35.5. The van der Waals surface area contributed by atoms with Gasteiger partial charge in [-0.2, -0.15) is 0 Å². The Labute approximate surface area is 310 Å². The number of esters is 1. The number of benzene rings is 5. The van der Waals surface area contributed by atoms with Gasteiger partial charge in [-0.05, 0) is 103 Å². The van der Waals surface area contributed by atoms with Gasteiger partial charge in [0.2, 0.25) is 0 Å². The normalized spacial score (nSPS) is 16.9. The highest BCUT2D eigenvalue weighted by atomic mass is 16.6. The number of carbonyl (C=O) groups excluding carboxylic acids is 4. The molecule has 7 nitrogen and oxygen atoms in total. The summed E-state index contributed by atoms with van der Waals surface area (Å²) in [4.78, 5) is 52.6. The van der Waals surface area contributed by atoms with E-state index < -0.39 is 18.0 Å². The monoisotopic (exact) mass is 705 g/mol. The first-order valence-electron chi connectivity index (χ1n) is 18.6. The Morgan fingerprint density at radius 1 is 0.698 bits per heavy atom. The lowest BCUT2D eigenvalue weighted by atomic mass is 9.77. The van der Waals surface area contributed by atoms with Crippen LogP contribution in [-0.2, 0) is 4.74 Å². The van der Waals surface area contributed by atoms with Crippen molar-refractivity contribution in [3.05, 3.63) is 166 Å². The fraction of sp³-hybridized carbons (Fsp3) is 0.261. The molecule has 2 aliphatic carbocycles. The summed E-state index contributed by atoms with van der Waals surface area (Å²) in [5, 5.41) is 2.85. The number of nitrogens with one attached hydrogen (secondary N) is 1. The molecule has 2 aliphatic rings. The molecule has 5 aromatic carbocycles. The predicted octanol–water partition coefficient (Wildman–Crippen LogP) is 10.2. The first-order chi connectivity index (χ1) is 25.9. The van der Waals surface area contributed by atoms with E-state index in [0.29, 0.717) is 34.0 Å². The summed E-state index contributed by atoms with van der Waals surface area (Å²) in [6.07, 6.45) is 8.24. The number of ketones is 2. The van der Waals surface area contributed by atoms with E-state index in [1.54, 1.807) is 54.6 Å². The largest absolute Gasteiger partial charge is 0.489 e. The highest BCUT2D eigenvalue weighted by Gasteiger charge is 2.30. The second-order valence-electron chi connectivity index (χ2n) is 14.0. The lowest BCUT2D eigenvalue weighted by Gasteiger charge is -2.29. The average Bonchev–Trinajstić information content (AvgIpc) is 3.21. The topological polar surface area (TPSA) is 98.8 Å². The van der Waals surface area contributed by atoms with Gasteiger partial charge in [-0.25, -0.2) is 4.79 Å². The SMILES string of the molecule is CCCCC1CCC(c2ccc(C(=O)OC(COc3ccc(NC(=O)c4ccc5c(c4)C(=O)c4ccccc4C5=O)cc3)c3ccccc3)cc2)CC1. The van der Waals surface area contributed by atoms with Crippen LogP contribution in [-0.4, -0.2) is 30.0 Å². The van der Waals surface area contributed by atoms with Crippen LogP contribution < -0.4 is 10.1 Å². The lowest BCUT2D eigenvalue weighted by molar-refractivity contribution is 0.0168. The van der Waals surface area contributed by atoms with Crippen LogP contribution in [0.2, 0.25) is 0 Å². The van der Waals surface area contributed by atoms with Gasteiger partial charge in [0.15, 0.2) is 17.7 Å². The predicted molar refractivity (Wildman–Crippen MR) is 205 cm³/mol. The maximum Gasteiger partial charge on any atom is 0.338 e. The molecule has 53 heavy (non-hydrogen) atoms. The second kappa shape index (κ2) is 16.2. The van der Waals surface area contributed by atoms with Crippen molar-refractivity contribution >= 4 is 29.1 Å². The number of rotatable bonds is 12. The maximum absolute atomic E-state index is 13.3. The molecule has 0 radical (unpaired) electrons. The molecule has 7 heteroatoms. The van der Waals surface area contributed by atoms with E-state index in [4.69, 9.17) is 9.47 Å². The van der Waals surface area contributed by atoms with Crippen molar-refractivity contribution in [1.29, 1.82) is 0 Å². The number of amides is 1. The minimum absolute atomic E-state index is 0.0891. The van der Waals surface area contributed by atoms with Crippen LogP contribution in [0.25, 0.3) is 0 Å². The highest BCUT2D eigenvalue weighted by molar-refractivity contribution is 6.28. The summed E-state index contributed by atoms with van der Waals surface area (Å²) >= 11 is 0. The molecule has 5 aromatic rings. The van der Waals surface area contributed by atoms with Crippen LogP contribution >= 0.6 is 0 Å². The number of hydrogen-bond donors (Lipinski definition) is 1. The van der Waals surface area contributed by atoms with Gasteiger partial charge in [-0.1, -0.05) is 92.9 Å². The van der Waals surface area contributed by atoms with Gasteiger partial charge < -0.3 is 14.8 Å². The van der Waals surface area contributed by atoms with Crippen molar-refractivity contribution in [3.63, 3.8) is 0 Å². The van der Waals surface area contributed by atoms with Gasteiger partial charge in [0.1, 0.15) is 12.4 Å². The third kappa shape index (κ3) is 8.15. The van der Waals surface area contributed by atoms with Gasteiger partial charge in [-0.3, -0.25) is 14.4 Å². The van der Waals surface area contributed by atoms with Gasteiger partial charge in [-0.15, -0.1) is 0 Å². The third-order valence-corrected chi connectivity index (χ3v) is 10.6. The average molecular weight is 706 g/mol. The van der Waals surface area contributed by atoms with E-state index in [1.165, 1.54) is 62.6 Å². The quantitative estimate of drug-likeness (QED) is 0.127. The Morgan fingerprint density at radius 3 is 2.00 bits per heavy atom. The van der Waals surface area contributed by atoms with Crippen LogP contribution in [0.4, 0.5) is 5.69 Å². The van der Waals surface area contributed by atoms with Gasteiger partial charge in [0.25, 0.3) is 5.91 Å². The van der Waals surface area contributed by atoms with Crippen molar-refractivity contribution < 1.29 is 28.7 Å². The van der Waals surface area contributed by atoms with Crippen molar-refractivity contribution in [2.24, 2.45) is 5.92 Å². The fourth-order valence-electron chi connectivity index (χ4n) is 7.48. The first kappa shape index (κ1) is 35.6. The minimum atomic E-state index is -0.647. The zero-order valence-corrected chi connectivity index (χ0v) is 29.9. The summed E-state index contributed by atoms with van der Waals surface area (Å²) in [5.41, 5.74) is 4.60. The second-order valence-corrected chi connectivity index (χ2v) is 14.0. The molecule has 1 fully saturated rings. The molecule has 1 amide bonds. The highest BCUT2D eigenvalue weighted by Crippen LogP contribution is 2.38. The van der Waals surface area contributed by atoms with Crippen LogP contribution in [0.3, 0.4) is 0 Å². The van der Waals surface area contributed by atoms with Crippen molar-refractivity contribution in [3.8, 4) is 5.75 Å². The Bertz CT molecular complexity index is 2100. The van der Waals surface area contributed by atoms with Crippen molar-refractivity contribution in [1.82, 2.24) is 0 Å². The fourth-order valence-corrected chi connectivity index (χ4v) is 7.48. The summed E-state index contributed by atoms with van der Waals surface area (Å²) in [6.45, 7) is 2.35. The molecule has 0 saturated heterocycles. The third-order valence-electron chi connectivity index (χ3n) is 10.6. The number of fused-ring (bicyclic) bond motifs is 2. The van der Waals surface area contributed by atoms with Crippen LogP contribution in [0.15, 0.2) is 121 Å². The molecule has 0 bridgehead atoms. The molecule has 1 N–H and O–H groups in total. The van der Waals surface area contributed by atoms with E-state index in [9.17, 15) is 19.2 Å².